The zero-order valence-corrected chi connectivity index (χ0v) is 12.4. The molecule has 1 N–H and O–H groups in total. The third kappa shape index (κ3) is 4.60. The summed E-state index contributed by atoms with van der Waals surface area (Å²) in [5, 5.41) is 2.80. The molecule has 1 amide bonds. The number of carbonyl (C=O) groups is 1. The van der Waals surface area contributed by atoms with E-state index in [9.17, 15) is 4.79 Å². The van der Waals surface area contributed by atoms with Gasteiger partial charge in [-0.25, -0.2) is 4.98 Å². The fourth-order valence-corrected chi connectivity index (χ4v) is 1.90. The first-order valence-electron chi connectivity index (χ1n) is 7.12. The average Bonchev–Trinajstić information content (AvgIpc) is 2.54. The van der Waals surface area contributed by atoms with E-state index < -0.39 is 0 Å². The van der Waals surface area contributed by atoms with Crippen molar-refractivity contribution in [2.45, 2.75) is 26.2 Å². The molecule has 4 heteroatoms. The van der Waals surface area contributed by atoms with Crippen molar-refractivity contribution in [1.29, 1.82) is 0 Å². The first-order chi connectivity index (χ1) is 10.2. The molecule has 2 rings (SSSR count). The summed E-state index contributed by atoms with van der Waals surface area (Å²) in [6, 6.07) is 13.3. The topological polar surface area (TPSA) is 51.2 Å². The van der Waals surface area contributed by atoms with E-state index >= 15 is 0 Å². The van der Waals surface area contributed by atoms with Crippen LogP contribution in [0.1, 0.15) is 31.7 Å². The fourth-order valence-electron chi connectivity index (χ4n) is 1.90. The molecule has 1 aromatic carbocycles. The lowest BCUT2D eigenvalue weighted by molar-refractivity contribution is -0.118. The van der Waals surface area contributed by atoms with Gasteiger partial charge in [0, 0.05) is 18.0 Å². The number of amides is 1. The molecule has 0 saturated carbocycles. The fraction of sp³-hybridized carbons (Fsp3) is 0.294. The second kappa shape index (κ2) is 7.43. The number of hydrogen-bond acceptors (Lipinski definition) is 3. The number of anilines is 1. The van der Waals surface area contributed by atoms with E-state index in [0.717, 1.165) is 12.1 Å². The van der Waals surface area contributed by atoms with Crippen molar-refractivity contribution in [1.82, 2.24) is 4.98 Å². The molecule has 0 spiro atoms. The first kappa shape index (κ1) is 15.0. The molecule has 1 heterocycles. The Labute approximate surface area is 125 Å². The SMILES string of the molecule is CCC(C)c1ccc(NC(=O)COc2ccccn2)cc1. The molecule has 110 valence electrons. The van der Waals surface area contributed by atoms with Gasteiger partial charge in [-0.05, 0) is 36.1 Å². The number of benzene rings is 1. The van der Waals surface area contributed by atoms with Gasteiger partial charge in [-0.3, -0.25) is 4.79 Å². The molecule has 1 atom stereocenters. The zero-order chi connectivity index (χ0) is 15.1. The summed E-state index contributed by atoms with van der Waals surface area (Å²) in [4.78, 5) is 15.8. The van der Waals surface area contributed by atoms with E-state index in [1.807, 2.05) is 30.3 Å². The van der Waals surface area contributed by atoms with Crippen LogP contribution in [0.15, 0.2) is 48.7 Å². The number of ether oxygens (including phenoxy) is 1. The Hall–Kier alpha value is -2.36. The normalized spacial score (nSPS) is 11.7. The Kier molecular flexibility index (Phi) is 5.32. The van der Waals surface area contributed by atoms with Gasteiger partial charge in [-0.2, -0.15) is 0 Å². The lowest BCUT2D eigenvalue weighted by Gasteiger charge is -2.10. The number of rotatable bonds is 6. The highest BCUT2D eigenvalue weighted by molar-refractivity contribution is 5.91. The van der Waals surface area contributed by atoms with Gasteiger partial charge in [0.15, 0.2) is 6.61 Å². The largest absolute Gasteiger partial charge is 0.468 e. The second-order valence-electron chi connectivity index (χ2n) is 4.94. The van der Waals surface area contributed by atoms with E-state index in [1.54, 1.807) is 18.3 Å². The highest BCUT2D eigenvalue weighted by atomic mass is 16.5. The van der Waals surface area contributed by atoms with E-state index in [-0.39, 0.29) is 12.5 Å². The molecule has 0 aliphatic carbocycles. The average molecular weight is 284 g/mol. The molecule has 0 aliphatic heterocycles. The van der Waals surface area contributed by atoms with Crippen molar-refractivity contribution in [3.05, 3.63) is 54.2 Å². The Morgan fingerprint density at radius 1 is 1.24 bits per heavy atom. The minimum atomic E-state index is -0.197. The molecular formula is C17H20N2O2. The lowest BCUT2D eigenvalue weighted by Crippen LogP contribution is -2.20. The standard InChI is InChI=1S/C17H20N2O2/c1-3-13(2)14-7-9-15(10-8-14)19-16(20)12-21-17-6-4-5-11-18-17/h4-11,13H,3,12H2,1-2H3,(H,19,20). The molecule has 0 saturated heterocycles. The highest BCUT2D eigenvalue weighted by Gasteiger charge is 2.06. The summed E-state index contributed by atoms with van der Waals surface area (Å²) in [5.74, 6) is 0.777. The van der Waals surface area contributed by atoms with Crippen LogP contribution in [0.5, 0.6) is 5.88 Å². The zero-order valence-electron chi connectivity index (χ0n) is 12.4. The Bertz CT molecular complexity index is 567. The predicted octanol–water partition coefficient (Wildman–Crippen LogP) is 3.61. The highest BCUT2D eigenvalue weighted by Crippen LogP contribution is 2.20. The third-order valence-electron chi connectivity index (χ3n) is 3.36. The molecular weight excluding hydrogens is 264 g/mol. The third-order valence-corrected chi connectivity index (χ3v) is 3.36. The summed E-state index contributed by atoms with van der Waals surface area (Å²) >= 11 is 0. The summed E-state index contributed by atoms with van der Waals surface area (Å²) in [6.45, 7) is 4.30. The van der Waals surface area contributed by atoms with Crippen molar-refractivity contribution in [3.63, 3.8) is 0 Å². The predicted molar refractivity (Wildman–Crippen MR) is 83.5 cm³/mol. The summed E-state index contributed by atoms with van der Waals surface area (Å²) in [6.07, 6.45) is 2.73. The molecule has 2 aromatic rings. The number of nitrogens with one attached hydrogen (secondary N) is 1. The molecule has 0 fully saturated rings. The first-order valence-corrected chi connectivity index (χ1v) is 7.12. The quantitative estimate of drug-likeness (QED) is 0.881. The molecule has 0 aliphatic rings. The molecule has 1 unspecified atom stereocenters. The van der Waals surface area contributed by atoms with Crippen molar-refractivity contribution < 1.29 is 9.53 Å². The van der Waals surface area contributed by atoms with Gasteiger partial charge >= 0.3 is 0 Å². The number of nitrogens with zero attached hydrogens (tertiary/aromatic N) is 1. The van der Waals surface area contributed by atoms with E-state index in [0.29, 0.717) is 11.8 Å². The second-order valence-corrected chi connectivity index (χ2v) is 4.94. The van der Waals surface area contributed by atoms with Crippen molar-refractivity contribution >= 4 is 11.6 Å². The van der Waals surface area contributed by atoms with Crippen molar-refractivity contribution in [3.8, 4) is 5.88 Å². The van der Waals surface area contributed by atoms with Crippen LogP contribution < -0.4 is 10.1 Å². The molecule has 0 bridgehead atoms. The van der Waals surface area contributed by atoms with Crippen molar-refractivity contribution in [2.75, 3.05) is 11.9 Å². The number of hydrogen-bond donors (Lipinski definition) is 1. The Morgan fingerprint density at radius 3 is 2.62 bits per heavy atom. The lowest BCUT2D eigenvalue weighted by atomic mass is 9.99. The van der Waals surface area contributed by atoms with Crippen LogP contribution in [0.3, 0.4) is 0 Å². The van der Waals surface area contributed by atoms with E-state index in [1.165, 1.54) is 5.56 Å². The minimum absolute atomic E-state index is 0.0515. The van der Waals surface area contributed by atoms with Gasteiger partial charge in [0.25, 0.3) is 5.91 Å². The summed E-state index contributed by atoms with van der Waals surface area (Å²) in [7, 11) is 0. The Balaban J connectivity index is 1.85. The van der Waals surface area contributed by atoms with Crippen LogP contribution in [-0.2, 0) is 4.79 Å². The molecule has 4 nitrogen and oxygen atoms in total. The monoisotopic (exact) mass is 284 g/mol. The molecule has 1 aromatic heterocycles. The van der Waals surface area contributed by atoms with Gasteiger partial charge < -0.3 is 10.1 Å². The minimum Gasteiger partial charge on any atom is -0.468 e. The number of carbonyl (C=O) groups excluding carboxylic acids is 1. The summed E-state index contributed by atoms with van der Waals surface area (Å²) < 4.78 is 5.30. The van der Waals surface area contributed by atoms with Gasteiger partial charge in [0.1, 0.15) is 0 Å². The summed E-state index contributed by atoms with van der Waals surface area (Å²) in [5.41, 5.74) is 2.05. The van der Waals surface area contributed by atoms with Crippen LogP contribution in [0.25, 0.3) is 0 Å². The van der Waals surface area contributed by atoms with Gasteiger partial charge in [-0.1, -0.05) is 32.0 Å². The van der Waals surface area contributed by atoms with Gasteiger partial charge in [0.05, 0.1) is 0 Å². The number of aromatic nitrogens is 1. The molecule has 0 radical (unpaired) electrons. The van der Waals surface area contributed by atoms with Gasteiger partial charge in [-0.15, -0.1) is 0 Å². The van der Waals surface area contributed by atoms with Crippen molar-refractivity contribution in [2.24, 2.45) is 0 Å². The van der Waals surface area contributed by atoms with Crippen LogP contribution in [-0.4, -0.2) is 17.5 Å². The smallest absolute Gasteiger partial charge is 0.262 e. The van der Waals surface area contributed by atoms with Gasteiger partial charge in [0.2, 0.25) is 5.88 Å². The maximum Gasteiger partial charge on any atom is 0.262 e. The maximum atomic E-state index is 11.8. The van der Waals surface area contributed by atoms with Crippen LogP contribution in [0.2, 0.25) is 0 Å². The molecule has 21 heavy (non-hydrogen) atoms. The van der Waals surface area contributed by atoms with E-state index in [2.05, 4.69) is 24.1 Å². The van der Waals surface area contributed by atoms with Crippen LogP contribution >= 0.6 is 0 Å². The van der Waals surface area contributed by atoms with Crippen LogP contribution in [0, 0.1) is 0 Å². The van der Waals surface area contributed by atoms with E-state index in [4.69, 9.17) is 4.74 Å². The Morgan fingerprint density at radius 2 is 2.00 bits per heavy atom. The maximum absolute atomic E-state index is 11.8. The number of pyridine rings is 1. The van der Waals surface area contributed by atoms with Crippen LogP contribution in [0.4, 0.5) is 5.69 Å².